The molecule has 108 valence electrons. The van der Waals surface area contributed by atoms with Gasteiger partial charge in [0.25, 0.3) is 0 Å². The molecule has 1 aromatic heterocycles. The molecular formula is C13H26N6. The molecule has 6 heteroatoms. The summed E-state index contributed by atoms with van der Waals surface area (Å²) in [4.78, 5) is 11.0. The van der Waals surface area contributed by atoms with Gasteiger partial charge in [-0.3, -0.25) is 0 Å². The van der Waals surface area contributed by atoms with Crippen molar-refractivity contribution in [3.05, 3.63) is 11.9 Å². The van der Waals surface area contributed by atoms with E-state index in [1.807, 2.05) is 6.07 Å². The van der Waals surface area contributed by atoms with E-state index < -0.39 is 0 Å². The molecule has 0 radical (unpaired) electrons. The summed E-state index contributed by atoms with van der Waals surface area (Å²) in [6.07, 6.45) is 2.94. The highest BCUT2D eigenvalue weighted by Gasteiger charge is 2.07. The molecule has 4 N–H and O–H groups in total. The van der Waals surface area contributed by atoms with E-state index >= 15 is 0 Å². The van der Waals surface area contributed by atoms with Crippen LogP contribution in [0, 0.1) is 0 Å². The fourth-order valence-electron chi connectivity index (χ4n) is 1.76. The maximum absolute atomic E-state index is 5.44. The first-order valence-corrected chi connectivity index (χ1v) is 6.81. The zero-order valence-electron chi connectivity index (χ0n) is 12.4. The number of anilines is 2. The van der Waals surface area contributed by atoms with Gasteiger partial charge in [-0.05, 0) is 40.4 Å². The smallest absolute Gasteiger partial charge is 0.145 e. The lowest BCUT2D eigenvalue weighted by Crippen LogP contribution is -2.24. The van der Waals surface area contributed by atoms with E-state index in [1.54, 1.807) is 0 Å². The van der Waals surface area contributed by atoms with E-state index in [1.165, 1.54) is 0 Å². The maximum Gasteiger partial charge on any atom is 0.145 e. The van der Waals surface area contributed by atoms with Crippen LogP contribution in [0.3, 0.4) is 0 Å². The fraction of sp³-hybridized carbons (Fsp3) is 0.692. The van der Waals surface area contributed by atoms with E-state index in [-0.39, 0.29) is 0 Å². The first-order chi connectivity index (χ1) is 9.05. The summed E-state index contributed by atoms with van der Waals surface area (Å²) in [6.45, 7) is 5.31. The first kappa shape index (κ1) is 15.7. The van der Waals surface area contributed by atoms with Gasteiger partial charge in [0.1, 0.15) is 17.5 Å². The molecule has 0 spiro atoms. The third-order valence-corrected chi connectivity index (χ3v) is 2.80. The van der Waals surface area contributed by atoms with Crippen LogP contribution in [0.1, 0.15) is 32.5 Å². The molecule has 0 fully saturated rings. The van der Waals surface area contributed by atoms with Gasteiger partial charge in [0.2, 0.25) is 0 Å². The molecule has 0 saturated heterocycles. The van der Waals surface area contributed by atoms with Gasteiger partial charge in [-0.2, -0.15) is 0 Å². The van der Waals surface area contributed by atoms with Crippen molar-refractivity contribution in [1.29, 1.82) is 0 Å². The van der Waals surface area contributed by atoms with Gasteiger partial charge >= 0.3 is 0 Å². The van der Waals surface area contributed by atoms with Crippen molar-refractivity contribution >= 4 is 11.6 Å². The zero-order chi connectivity index (χ0) is 14.3. The zero-order valence-corrected chi connectivity index (χ0v) is 12.4. The molecule has 0 aromatic carbocycles. The van der Waals surface area contributed by atoms with Crippen molar-refractivity contribution < 1.29 is 0 Å². The van der Waals surface area contributed by atoms with Gasteiger partial charge in [0.15, 0.2) is 0 Å². The van der Waals surface area contributed by atoms with Gasteiger partial charge in [-0.1, -0.05) is 6.92 Å². The molecule has 6 nitrogen and oxygen atoms in total. The Kier molecular flexibility index (Phi) is 6.52. The van der Waals surface area contributed by atoms with Crippen LogP contribution in [0.4, 0.5) is 11.6 Å². The number of hydrazine groups is 1. The Labute approximate surface area is 115 Å². The predicted molar refractivity (Wildman–Crippen MR) is 80.1 cm³/mol. The van der Waals surface area contributed by atoms with Crippen LogP contribution in [0.25, 0.3) is 0 Å². The standard InChI is InChI=1S/C13H26N6/c1-5-6-11-16-12(9-13(17-11)18-14)15-10(2)7-8-19(3)4/h9-10H,5-8,14H2,1-4H3,(H2,15,16,17,18). The van der Waals surface area contributed by atoms with Gasteiger partial charge in [0, 0.05) is 18.5 Å². The Morgan fingerprint density at radius 1 is 1.32 bits per heavy atom. The normalized spacial score (nSPS) is 12.5. The lowest BCUT2D eigenvalue weighted by molar-refractivity contribution is 0.390. The van der Waals surface area contributed by atoms with Crippen LogP contribution >= 0.6 is 0 Å². The van der Waals surface area contributed by atoms with E-state index in [4.69, 9.17) is 5.84 Å². The molecule has 1 rings (SSSR count). The minimum absolute atomic E-state index is 0.359. The van der Waals surface area contributed by atoms with Crippen molar-refractivity contribution in [2.24, 2.45) is 5.84 Å². The molecule has 0 aliphatic carbocycles. The molecule has 0 aliphatic rings. The number of aryl methyl sites for hydroxylation is 1. The van der Waals surface area contributed by atoms with Gasteiger partial charge in [0.05, 0.1) is 0 Å². The Morgan fingerprint density at radius 2 is 2.00 bits per heavy atom. The van der Waals surface area contributed by atoms with Crippen LogP contribution < -0.4 is 16.6 Å². The summed E-state index contributed by atoms with van der Waals surface area (Å²) in [5, 5.41) is 3.40. The lowest BCUT2D eigenvalue weighted by Gasteiger charge is -2.18. The molecule has 0 bridgehead atoms. The van der Waals surface area contributed by atoms with Crippen molar-refractivity contribution in [3.63, 3.8) is 0 Å². The first-order valence-electron chi connectivity index (χ1n) is 6.81. The van der Waals surface area contributed by atoms with Gasteiger partial charge in [-0.15, -0.1) is 0 Å². The van der Waals surface area contributed by atoms with E-state index in [9.17, 15) is 0 Å². The number of nitrogens with two attached hydrogens (primary N) is 1. The van der Waals surface area contributed by atoms with Crippen molar-refractivity contribution in [2.75, 3.05) is 31.4 Å². The summed E-state index contributed by atoms with van der Waals surface area (Å²) in [5.41, 5.74) is 2.59. The Morgan fingerprint density at radius 3 is 2.58 bits per heavy atom. The van der Waals surface area contributed by atoms with Crippen LogP contribution in [0.5, 0.6) is 0 Å². The van der Waals surface area contributed by atoms with E-state index in [0.29, 0.717) is 11.9 Å². The number of rotatable bonds is 8. The summed E-state index contributed by atoms with van der Waals surface area (Å²) < 4.78 is 0. The number of hydrogen-bond donors (Lipinski definition) is 3. The quantitative estimate of drug-likeness (QED) is 0.488. The second-order valence-corrected chi connectivity index (χ2v) is 5.09. The third-order valence-electron chi connectivity index (χ3n) is 2.80. The largest absolute Gasteiger partial charge is 0.367 e. The molecule has 1 unspecified atom stereocenters. The molecule has 1 atom stereocenters. The van der Waals surface area contributed by atoms with E-state index in [2.05, 4.69) is 53.6 Å². The Bertz CT molecular complexity index is 379. The monoisotopic (exact) mass is 266 g/mol. The average Bonchev–Trinajstić information content (AvgIpc) is 2.36. The van der Waals surface area contributed by atoms with Crippen molar-refractivity contribution in [3.8, 4) is 0 Å². The number of nitrogens with one attached hydrogen (secondary N) is 2. The van der Waals surface area contributed by atoms with Crippen molar-refractivity contribution in [2.45, 2.75) is 39.2 Å². The highest BCUT2D eigenvalue weighted by molar-refractivity contribution is 5.47. The van der Waals surface area contributed by atoms with Gasteiger partial charge in [-0.25, -0.2) is 15.8 Å². The molecule has 0 aliphatic heterocycles. The summed E-state index contributed by atoms with van der Waals surface area (Å²) in [5.74, 6) is 7.74. The highest BCUT2D eigenvalue weighted by Crippen LogP contribution is 2.13. The summed E-state index contributed by atoms with van der Waals surface area (Å²) >= 11 is 0. The fourth-order valence-corrected chi connectivity index (χ4v) is 1.76. The molecule has 0 saturated carbocycles. The molecular weight excluding hydrogens is 240 g/mol. The van der Waals surface area contributed by atoms with Crippen LogP contribution in [0.2, 0.25) is 0 Å². The highest BCUT2D eigenvalue weighted by atomic mass is 15.3. The van der Waals surface area contributed by atoms with Gasteiger partial charge < -0.3 is 15.6 Å². The number of hydrogen-bond acceptors (Lipinski definition) is 6. The maximum atomic E-state index is 5.44. The Balaban J connectivity index is 2.67. The van der Waals surface area contributed by atoms with Crippen LogP contribution in [-0.2, 0) is 6.42 Å². The molecule has 1 aromatic rings. The average molecular weight is 266 g/mol. The van der Waals surface area contributed by atoms with Crippen LogP contribution in [-0.4, -0.2) is 41.5 Å². The molecule has 0 amide bonds. The number of nitrogen functional groups attached to an aromatic ring is 1. The Hall–Kier alpha value is -1.40. The van der Waals surface area contributed by atoms with Crippen LogP contribution in [0.15, 0.2) is 6.07 Å². The summed E-state index contributed by atoms with van der Waals surface area (Å²) in [7, 11) is 4.15. The topological polar surface area (TPSA) is 79.1 Å². The lowest BCUT2D eigenvalue weighted by atomic mass is 10.2. The van der Waals surface area contributed by atoms with E-state index in [0.717, 1.165) is 37.4 Å². The summed E-state index contributed by atoms with van der Waals surface area (Å²) in [6, 6.07) is 2.20. The van der Waals surface area contributed by atoms with Crippen molar-refractivity contribution in [1.82, 2.24) is 14.9 Å². The second kappa shape index (κ2) is 7.91. The minimum atomic E-state index is 0.359. The number of aromatic nitrogens is 2. The minimum Gasteiger partial charge on any atom is -0.367 e. The molecule has 19 heavy (non-hydrogen) atoms. The number of nitrogens with zero attached hydrogens (tertiary/aromatic N) is 3. The molecule has 1 heterocycles. The second-order valence-electron chi connectivity index (χ2n) is 5.09. The SMILES string of the molecule is CCCc1nc(NN)cc(NC(C)CCN(C)C)n1. The predicted octanol–water partition coefficient (Wildman–Crippen LogP) is 1.47. The third kappa shape index (κ3) is 5.85.